The number of aromatic nitrogens is 3. The number of amides is 4. The number of nitrogens with zero attached hydrogens (tertiary/aromatic N) is 6. The number of ether oxygens (including phenoxy) is 2. The van der Waals surface area contributed by atoms with Crippen molar-refractivity contribution in [3.8, 4) is 5.75 Å². The van der Waals surface area contributed by atoms with Gasteiger partial charge in [0, 0.05) is 80.0 Å². The zero-order chi connectivity index (χ0) is 44.2. The van der Waals surface area contributed by atoms with Crippen LogP contribution in [0.1, 0.15) is 87.2 Å². The van der Waals surface area contributed by atoms with E-state index in [4.69, 9.17) is 26.1 Å². The number of halogens is 2. The van der Waals surface area contributed by atoms with Gasteiger partial charge in [-0.2, -0.15) is 4.98 Å². The van der Waals surface area contributed by atoms with Crippen molar-refractivity contribution >= 4 is 69.3 Å². The van der Waals surface area contributed by atoms with Gasteiger partial charge in [0.05, 0.1) is 29.5 Å². The number of anilines is 4. The zero-order valence-corrected chi connectivity index (χ0v) is 36.3. The van der Waals surface area contributed by atoms with Gasteiger partial charge in [0.1, 0.15) is 16.9 Å². The summed E-state index contributed by atoms with van der Waals surface area (Å²) in [5, 5.41) is 9.24. The Bertz CT molecular complexity index is 2550. The number of imide groups is 1. The maximum Gasteiger partial charge on any atom is 0.293 e. The van der Waals surface area contributed by atoms with Gasteiger partial charge >= 0.3 is 0 Å². The first-order chi connectivity index (χ1) is 30.3. The Balaban J connectivity index is 0.777. The maximum absolute atomic E-state index is 15.1. The number of carbonyl (C=O) groups excluding carboxylic acids is 4. The molecule has 1 aliphatic carbocycles. The standard InChI is InChI=1S/C45H51ClFN9O7/c1-25(2)56-33-6-4-27(18-26(33)19-36(42(56)60)62-22-38(58)48-3)50-40-31(46)20-49-44(52-40)53-16-12-29(13-17-53)63-28-10-14-45(15-11-28)23-54(24-45)34-7-5-32(47)39-30(34)21-55(43(39)61)35-8-9-37(57)51-41(35)59/h4-7,18-20,25,28-29,35H,8-17,21-24H2,1-3H3,(H,48,58)(H,49,50,52)(H,51,57,59). The molecule has 3 saturated heterocycles. The lowest BCUT2D eigenvalue weighted by Crippen LogP contribution is -2.58. The number of nitrogens with one attached hydrogen (secondary N) is 3. The summed E-state index contributed by atoms with van der Waals surface area (Å²) in [6, 6.07) is 9.40. The highest BCUT2D eigenvalue weighted by Gasteiger charge is 2.48. The fraction of sp³-hybridized carbons (Fsp3) is 0.489. The highest BCUT2D eigenvalue weighted by molar-refractivity contribution is 6.33. The van der Waals surface area contributed by atoms with Crippen molar-refractivity contribution < 1.29 is 33.0 Å². The number of rotatable bonds is 11. The van der Waals surface area contributed by atoms with Crippen LogP contribution in [0.4, 0.5) is 27.5 Å². The summed E-state index contributed by atoms with van der Waals surface area (Å²) < 4.78 is 29.0. The minimum absolute atomic E-state index is 0.0332. The molecule has 3 N–H and O–H groups in total. The molecule has 63 heavy (non-hydrogen) atoms. The molecule has 9 rings (SSSR count). The molecule has 0 bridgehead atoms. The van der Waals surface area contributed by atoms with Crippen LogP contribution in [0.25, 0.3) is 10.9 Å². The van der Waals surface area contributed by atoms with Crippen molar-refractivity contribution in [2.75, 3.05) is 55.0 Å². The summed E-state index contributed by atoms with van der Waals surface area (Å²) in [7, 11) is 1.51. The summed E-state index contributed by atoms with van der Waals surface area (Å²) in [4.78, 5) is 77.9. The van der Waals surface area contributed by atoms with Crippen LogP contribution in [0.3, 0.4) is 0 Å². The number of pyridine rings is 1. The van der Waals surface area contributed by atoms with Crippen molar-refractivity contribution in [1.82, 2.24) is 30.1 Å². The first kappa shape index (κ1) is 42.5. The molecule has 18 heteroatoms. The third kappa shape index (κ3) is 8.28. The van der Waals surface area contributed by atoms with Gasteiger partial charge in [-0.05, 0) is 95.2 Å². The van der Waals surface area contributed by atoms with E-state index in [0.29, 0.717) is 28.0 Å². The van der Waals surface area contributed by atoms with E-state index >= 15 is 4.39 Å². The van der Waals surface area contributed by atoms with Crippen molar-refractivity contribution in [1.29, 1.82) is 0 Å². The molecule has 1 spiro atoms. The molecule has 1 unspecified atom stereocenters. The van der Waals surface area contributed by atoms with E-state index in [1.807, 2.05) is 32.0 Å². The van der Waals surface area contributed by atoms with Gasteiger partial charge in [-0.3, -0.25) is 29.3 Å². The Morgan fingerprint density at radius 1 is 1.00 bits per heavy atom. The summed E-state index contributed by atoms with van der Waals surface area (Å²) >= 11 is 6.60. The second-order valence-corrected chi connectivity index (χ2v) is 18.1. The molecule has 4 fully saturated rings. The fourth-order valence-electron chi connectivity index (χ4n) is 9.93. The van der Waals surface area contributed by atoms with E-state index in [1.54, 1.807) is 22.9 Å². The van der Waals surface area contributed by atoms with Crippen molar-refractivity contribution in [2.45, 2.75) is 96.1 Å². The topological polar surface area (TPSA) is 180 Å². The van der Waals surface area contributed by atoms with Crippen LogP contribution in [-0.2, 0) is 25.7 Å². The molecule has 1 saturated carbocycles. The summed E-state index contributed by atoms with van der Waals surface area (Å²) in [5.74, 6) is -1.20. The Morgan fingerprint density at radius 3 is 2.46 bits per heavy atom. The number of carbonyl (C=O) groups is 4. The SMILES string of the molecule is CNC(=O)COc1cc2cc(Nc3nc(N4CCC(OC5CCC6(CC5)CN(c5ccc(F)c7c5CN(C5CCC(=O)NC5=O)C7=O)C6)CC4)ncc3Cl)ccc2n(C(C)C)c1=O. The fourth-order valence-corrected chi connectivity index (χ4v) is 10.1. The van der Waals surface area contributed by atoms with Gasteiger partial charge in [0.25, 0.3) is 17.4 Å². The van der Waals surface area contributed by atoms with Gasteiger partial charge in [-0.1, -0.05) is 11.6 Å². The molecule has 4 aromatic rings. The molecular weight excluding hydrogens is 833 g/mol. The second-order valence-electron chi connectivity index (χ2n) is 17.7. The summed E-state index contributed by atoms with van der Waals surface area (Å²) in [6.45, 7) is 6.79. The molecule has 0 radical (unpaired) electrons. The van der Waals surface area contributed by atoms with E-state index in [9.17, 15) is 24.0 Å². The molecule has 4 amide bonds. The maximum atomic E-state index is 15.1. The largest absolute Gasteiger partial charge is 0.478 e. The lowest BCUT2D eigenvalue weighted by Gasteiger charge is -2.55. The lowest BCUT2D eigenvalue weighted by atomic mass is 9.67. The third-order valence-corrected chi connectivity index (χ3v) is 13.6. The van der Waals surface area contributed by atoms with Crippen LogP contribution in [-0.4, -0.2) is 101 Å². The number of piperidine rings is 2. The zero-order valence-electron chi connectivity index (χ0n) is 35.5. The minimum Gasteiger partial charge on any atom is -0.478 e. The quantitative estimate of drug-likeness (QED) is 0.167. The molecule has 1 atom stereocenters. The highest BCUT2D eigenvalue weighted by atomic mass is 35.5. The monoisotopic (exact) mass is 883 g/mol. The van der Waals surface area contributed by atoms with E-state index in [1.165, 1.54) is 18.0 Å². The number of hydrogen-bond acceptors (Lipinski definition) is 12. The molecule has 332 valence electrons. The van der Waals surface area contributed by atoms with Crippen LogP contribution in [0.5, 0.6) is 5.75 Å². The molecule has 5 aliphatic rings. The minimum atomic E-state index is -0.792. The molecule has 6 heterocycles. The van der Waals surface area contributed by atoms with Crippen LogP contribution < -0.4 is 36.0 Å². The lowest BCUT2D eigenvalue weighted by molar-refractivity contribution is -0.137. The smallest absolute Gasteiger partial charge is 0.293 e. The van der Waals surface area contributed by atoms with Crippen LogP contribution in [0.15, 0.2) is 47.4 Å². The van der Waals surface area contributed by atoms with Crippen molar-refractivity contribution in [2.24, 2.45) is 5.41 Å². The van der Waals surface area contributed by atoms with Crippen LogP contribution in [0, 0.1) is 11.2 Å². The number of fused-ring (bicyclic) bond motifs is 2. The van der Waals surface area contributed by atoms with Gasteiger partial charge in [-0.25, -0.2) is 9.37 Å². The average Bonchev–Trinajstić information content (AvgIpc) is 3.60. The Morgan fingerprint density at radius 2 is 1.75 bits per heavy atom. The molecule has 2 aromatic heterocycles. The first-order valence-electron chi connectivity index (χ1n) is 21.7. The van der Waals surface area contributed by atoms with Gasteiger partial charge in [0.15, 0.2) is 18.2 Å². The number of benzene rings is 2. The van der Waals surface area contributed by atoms with Gasteiger partial charge < -0.3 is 39.4 Å². The predicted octanol–water partition coefficient (Wildman–Crippen LogP) is 5.23. The van der Waals surface area contributed by atoms with Crippen molar-refractivity contribution in [3.05, 3.63) is 74.9 Å². The number of hydrogen-bond donors (Lipinski definition) is 3. The van der Waals surface area contributed by atoms with E-state index in [0.717, 1.165) is 81.3 Å². The van der Waals surface area contributed by atoms with Crippen LogP contribution in [0.2, 0.25) is 5.02 Å². The normalized spacial score (nSPS) is 20.3. The Kier molecular flexibility index (Phi) is 11.5. The van der Waals surface area contributed by atoms with Gasteiger partial charge in [0.2, 0.25) is 17.8 Å². The van der Waals surface area contributed by atoms with Gasteiger partial charge in [-0.15, -0.1) is 0 Å². The third-order valence-electron chi connectivity index (χ3n) is 13.3. The summed E-state index contributed by atoms with van der Waals surface area (Å²) in [6.07, 6.45) is 7.90. The van der Waals surface area contributed by atoms with E-state index in [-0.39, 0.29) is 78.3 Å². The molecular formula is C45H51ClFN9O7. The highest BCUT2D eigenvalue weighted by Crippen LogP contribution is 2.48. The van der Waals surface area contributed by atoms with E-state index in [2.05, 4.69) is 30.7 Å². The van der Waals surface area contributed by atoms with Crippen molar-refractivity contribution in [3.63, 3.8) is 0 Å². The average molecular weight is 884 g/mol. The second kappa shape index (κ2) is 17.1. The summed E-state index contributed by atoms with van der Waals surface area (Å²) in [5.41, 5.74) is 2.74. The molecule has 2 aromatic carbocycles. The molecule has 4 aliphatic heterocycles. The van der Waals surface area contributed by atoms with Crippen LogP contribution >= 0.6 is 11.6 Å². The molecule has 16 nitrogen and oxygen atoms in total. The first-order valence-corrected chi connectivity index (χ1v) is 22.1. The predicted molar refractivity (Wildman–Crippen MR) is 234 cm³/mol. The Labute approximate surface area is 368 Å². The Hall–Kier alpha value is -5.81. The van der Waals surface area contributed by atoms with E-state index < -0.39 is 23.7 Å². The number of likely N-dealkylation sites (N-methyl/N-ethyl adjacent to an activating group) is 1.